The first kappa shape index (κ1) is 17.5. The zero-order valence-corrected chi connectivity index (χ0v) is 15.9. The van der Waals surface area contributed by atoms with Crippen LogP contribution in [-0.4, -0.2) is 16.1 Å². The van der Waals surface area contributed by atoms with Gasteiger partial charge in [-0.05, 0) is 33.6 Å². The number of carboxylic acids is 1. The maximum Gasteiger partial charge on any atom is 0.307 e. The smallest absolute Gasteiger partial charge is 0.307 e. The van der Waals surface area contributed by atoms with Gasteiger partial charge in [-0.25, -0.2) is 0 Å². The van der Waals surface area contributed by atoms with E-state index in [0.29, 0.717) is 0 Å². The Balaban J connectivity index is 2.56. The summed E-state index contributed by atoms with van der Waals surface area (Å²) in [6.45, 7) is 13.2. The third-order valence-electron chi connectivity index (χ3n) is 4.76. The number of H-pyrrole nitrogens is 1. The summed E-state index contributed by atoms with van der Waals surface area (Å²) < 4.78 is 0. The number of benzene rings is 2. The fraction of sp³-hybridized carbons (Fsp3) is 0.409. The summed E-state index contributed by atoms with van der Waals surface area (Å²) in [5, 5.41) is 11.6. The van der Waals surface area contributed by atoms with E-state index < -0.39 is 5.97 Å². The molecule has 3 nitrogen and oxygen atoms in total. The first-order valence-electron chi connectivity index (χ1n) is 8.79. The number of carboxylic acid groups (broad SMARTS) is 1. The van der Waals surface area contributed by atoms with Gasteiger partial charge in [0.2, 0.25) is 0 Å². The summed E-state index contributed by atoms with van der Waals surface area (Å²) in [5.74, 6) is -0.796. The normalized spacial score (nSPS) is 12.9. The summed E-state index contributed by atoms with van der Waals surface area (Å²) in [5.41, 5.74) is 5.40. The molecule has 1 heterocycles. The van der Waals surface area contributed by atoms with Crippen LogP contribution in [0.25, 0.3) is 21.8 Å². The molecule has 0 saturated heterocycles. The van der Waals surface area contributed by atoms with Crippen molar-refractivity contribution in [3.05, 3.63) is 47.0 Å². The zero-order valence-electron chi connectivity index (χ0n) is 15.9. The highest BCUT2D eigenvalue weighted by Gasteiger charge is 2.30. The van der Waals surface area contributed by atoms with Crippen molar-refractivity contribution >= 4 is 27.8 Å². The van der Waals surface area contributed by atoms with E-state index in [1.807, 2.05) is 12.1 Å². The molecule has 0 bridgehead atoms. The second-order valence-electron chi connectivity index (χ2n) is 8.95. The number of nitrogens with one attached hydrogen (secondary N) is 1. The molecule has 0 saturated carbocycles. The summed E-state index contributed by atoms with van der Waals surface area (Å²) in [7, 11) is 0. The maximum absolute atomic E-state index is 11.5. The summed E-state index contributed by atoms with van der Waals surface area (Å²) in [4.78, 5) is 15.1. The quantitative estimate of drug-likeness (QED) is 0.645. The van der Waals surface area contributed by atoms with E-state index in [1.54, 1.807) is 0 Å². The van der Waals surface area contributed by atoms with Crippen LogP contribution in [0.15, 0.2) is 30.3 Å². The maximum atomic E-state index is 11.5. The van der Waals surface area contributed by atoms with Crippen LogP contribution in [-0.2, 0) is 22.0 Å². The molecular weight excluding hydrogens is 310 g/mol. The minimum atomic E-state index is -0.796. The topological polar surface area (TPSA) is 53.1 Å². The van der Waals surface area contributed by atoms with Crippen molar-refractivity contribution in [1.82, 2.24) is 4.98 Å². The number of aromatic amines is 1. The second kappa shape index (κ2) is 5.62. The average molecular weight is 337 g/mol. The molecule has 2 aromatic carbocycles. The first-order chi connectivity index (χ1) is 11.5. The highest BCUT2D eigenvalue weighted by molar-refractivity contribution is 6.11. The number of fused-ring (bicyclic) bond motifs is 3. The van der Waals surface area contributed by atoms with Crippen LogP contribution < -0.4 is 0 Å². The van der Waals surface area contributed by atoms with E-state index in [1.165, 1.54) is 11.1 Å². The van der Waals surface area contributed by atoms with Crippen molar-refractivity contribution in [1.29, 1.82) is 0 Å². The Morgan fingerprint density at radius 3 is 2.24 bits per heavy atom. The van der Waals surface area contributed by atoms with Crippen LogP contribution in [0.4, 0.5) is 0 Å². The molecule has 0 fully saturated rings. The molecule has 2 N–H and O–H groups in total. The van der Waals surface area contributed by atoms with Crippen LogP contribution in [0.2, 0.25) is 0 Å². The molecule has 0 spiro atoms. The highest BCUT2D eigenvalue weighted by Crippen LogP contribution is 2.42. The van der Waals surface area contributed by atoms with Gasteiger partial charge in [-0.1, -0.05) is 65.8 Å². The molecule has 3 rings (SSSR count). The Hall–Kier alpha value is -2.29. The Labute approximate surface area is 149 Å². The Morgan fingerprint density at radius 1 is 1.04 bits per heavy atom. The van der Waals surface area contributed by atoms with E-state index in [-0.39, 0.29) is 17.3 Å². The van der Waals surface area contributed by atoms with Crippen molar-refractivity contribution < 1.29 is 9.90 Å². The number of aromatic nitrogens is 1. The van der Waals surface area contributed by atoms with Crippen molar-refractivity contribution in [2.24, 2.45) is 0 Å². The lowest BCUT2D eigenvalue weighted by Gasteiger charge is -2.31. The van der Waals surface area contributed by atoms with Crippen LogP contribution in [0.5, 0.6) is 0 Å². The molecule has 0 aliphatic heterocycles. The molecule has 0 amide bonds. The van der Waals surface area contributed by atoms with Gasteiger partial charge in [-0.2, -0.15) is 0 Å². The van der Waals surface area contributed by atoms with Gasteiger partial charge in [0.1, 0.15) is 0 Å². The Morgan fingerprint density at radius 2 is 1.68 bits per heavy atom. The molecule has 3 heteroatoms. The number of hydrogen-bond acceptors (Lipinski definition) is 1. The van der Waals surface area contributed by atoms with E-state index in [2.05, 4.69) is 64.7 Å². The van der Waals surface area contributed by atoms with E-state index in [0.717, 1.165) is 27.4 Å². The van der Waals surface area contributed by atoms with Crippen LogP contribution in [0.1, 0.15) is 58.2 Å². The van der Waals surface area contributed by atoms with Crippen molar-refractivity contribution in [3.63, 3.8) is 0 Å². The summed E-state index contributed by atoms with van der Waals surface area (Å²) in [6.07, 6.45) is 0.0336. The molecule has 1 aromatic heterocycles. The van der Waals surface area contributed by atoms with Crippen molar-refractivity contribution in [2.75, 3.05) is 0 Å². The fourth-order valence-corrected chi connectivity index (χ4v) is 3.79. The predicted molar refractivity (Wildman–Crippen MR) is 105 cm³/mol. The monoisotopic (exact) mass is 337 g/mol. The third-order valence-corrected chi connectivity index (χ3v) is 4.76. The predicted octanol–water partition coefficient (Wildman–Crippen LogP) is 5.54. The van der Waals surface area contributed by atoms with E-state index in [9.17, 15) is 9.90 Å². The van der Waals surface area contributed by atoms with Crippen molar-refractivity contribution in [2.45, 2.75) is 58.8 Å². The number of hydrogen-bond donors (Lipinski definition) is 2. The minimum Gasteiger partial charge on any atom is -0.481 e. The highest BCUT2D eigenvalue weighted by atomic mass is 16.4. The van der Waals surface area contributed by atoms with Crippen LogP contribution in [0, 0.1) is 0 Å². The second-order valence-corrected chi connectivity index (χ2v) is 8.95. The van der Waals surface area contributed by atoms with Gasteiger partial charge in [-0.3, -0.25) is 4.79 Å². The standard InChI is InChI=1S/C22H27NO2/c1-21(2,3)15-11-13(12-17(24)25)18-14-9-7-8-10-16(14)23-20(18)19(15)22(4,5)6/h7-11,23H,12H2,1-6H3,(H,24,25). The lowest BCUT2D eigenvalue weighted by atomic mass is 9.73. The number of para-hydroxylation sites is 1. The average Bonchev–Trinajstić information content (AvgIpc) is 2.83. The zero-order chi connectivity index (χ0) is 18.6. The first-order valence-corrected chi connectivity index (χ1v) is 8.79. The van der Waals surface area contributed by atoms with Gasteiger partial charge in [0.15, 0.2) is 0 Å². The molecule has 0 aliphatic rings. The summed E-state index contributed by atoms with van der Waals surface area (Å²) in [6, 6.07) is 10.3. The fourth-order valence-electron chi connectivity index (χ4n) is 3.79. The van der Waals surface area contributed by atoms with Gasteiger partial charge in [0, 0.05) is 16.3 Å². The third kappa shape index (κ3) is 3.04. The van der Waals surface area contributed by atoms with Gasteiger partial charge in [-0.15, -0.1) is 0 Å². The van der Waals surface area contributed by atoms with Crippen LogP contribution in [0.3, 0.4) is 0 Å². The molecule has 0 atom stereocenters. The molecule has 0 radical (unpaired) electrons. The largest absolute Gasteiger partial charge is 0.481 e. The summed E-state index contributed by atoms with van der Waals surface area (Å²) >= 11 is 0. The van der Waals surface area contributed by atoms with Crippen LogP contribution >= 0.6 is 0 Å². The molecule has 25 heavy (non-hydrogen) atoms. The number of aliphatic carboxylic acids is 1. The molecule has 3 aromatic rings. The van der Waals surface area contributed by atoms with E-state index >= 15 is 0 Å². The van der Waals surface area contributed by atoms with Gasteiger partial charge < -0.3 is 10.1 Å². The molecule has 0 unspecified atom stereocenters. The Bertz CT molecular complexity index is 965. The van der Waals surface area contributed by atoms with Gasteiger partial charge >= 0.3 is 5.97 Å². The number of carbonyl (C=O) groups is 1. The minimum absolute atomic E-state index is 0.0336. The Kier molecular flexibility index (Phi) is 3.94. The van der Waals surface area contributed by atoms with Gasteiger partial charge in [0.05, 0.1) is 11.9 Å². The van der Waals surface area contributed by atoms with Gasteiger partial charge in [0.25, 0.3) is 0 Å². The van der Waals surface area contributed by atoms with E-state index in [4.69, 9.17) is 0 Å². The lowest BCUT2D eigenvalue weighted by molar-refractivity contribution is -0.136. The molecule has 132 valence electrons. The number of rotatable bonds is 2. The lowest BCUT2D eigenvalue weighted by Crippen LogP contribution is -2.23. The van der Waals surface area contributed by atoms with Crippen molar-refractivity contribution in [3.8, 4) is 0 Å². The SMILES string of the molecule is CC(C)(C)c1cc(CC(=O)O)c2c([nH]c3ccccc32)c1C(C)(C)C. The molecule has 0 aliphatic carbocycles. The molecular formula is C22H27NO2.